The zero-order chi connectivity index (χ0) is 12.1. The molecule has 0 spiro atoms. The summed E-state index contributed by atoms with van der Waals surface area (Å²) in [4.78, 5) is 15.9. The van der Waals surface area contributed by atoms with Gasteiger partial charge in [-0.3, -0.25) is 0 Å². The molecule has 2 fully saturated rings. The van der Waals surface area contributed by atoms with Gasteiger partial charge in [-0.2, -0.15) is 0 Å². The molecule has 2 amide bonds. The number of urea groups is 1. The molecular formula is C12H23N3O2. The molecule has 2 saturated heterocycles. The van der Waals surface area contributed by atoms with Crippen LogP contribution in [0.5, 0.6) is 0 Å². The molecule has 0 aromatic heterocycles. The summed E-state index contributed by atoms with van der Waals surface area (Å²) in [5.74, 6) is 0. The van der Waals surface area contributed by atoms with E-state index in [1.165, 1.54) is 6.42 Å². The Bertz CT molecular complexity index is 248. The van der Waals surface area contributed by atoms with Crippen molar-refractivity contribution in [1.82, 2.24) is 15.1 Å². The summed E-state index contributed by atoms with van der Waals surface area (Å²) in [5.41, 5.74) is 0. The maximum Gasteiger partial charge on any atom is 0.319 e. The topological polar surface area (TPSA) is 44.8 Å². The lowest BCUT2D eigenvalue weighted by atomic mass is 10.1. The van der Waals surface area contributed by atoms with Crippen LogP contribution in [0.4, 0.5) is 4.79 Å². The second kappa shape index (κ2) is 6.21. The van der Waals surface area contributed by atoms with E-state index in [-0.39, 0.29) is 12.1 Å². The summed E-state index contributed by atoms with van der Waals surface area (Å²) >= 11 is 0. The van der Waals surface area contributed by atoms with E-state index in [2.05, 4.69) is 5.32 Å². The minimum atomic E-state index is 0.141. The van der Waals surface area contributed by atoms with Gasteiger partial charge in [0.1, 0.15) is 0 Å². The number of hydrogen-bond donors (Lipinski definition) is 1. The highest BCUT2D eigenvalue weighted by Gasteiger charge is 2.23. The summed E-state index contributed by atoms with van der Waals surface area (Å²) < 4.78 is 5.61. The normalized spacial score (nSPS) is 25.7. The number of carbonyl (C=O) groups excluding carboxylic acids is 1. The number of morpholine rings is 1. The standard InChI is InChI=1S/C12H23N3O2/c1-14(10-11-9-13-5-8-17-11)12(16)15-6-3-2-4-7-15/h11,13H,2-10H2,1H3. The van der Waals surface area contributed by atoms with Crippen molar-refractivity contribution in [1.29, 1.82) is 0 Å². The van der Waals surface area contributed by atoms with Crippen molar-refractivity contribution >= 4 is 6.03 Å². The lowest BCUT2D eigenvalue weighted by molar-refractivity contribution is 0.0126. The van der Waals surface area contributed by atoms with E-state index in [9.17, 15) is 4.79 Å². The van der Waals surface area contributed by atoms with Crippen LogP contribution in [0.2, 0.25) is 0 Å². The van der Waals surface area contributed by atoms with Gasteiger partial charge in [-0.05, 0) is 19.3 Å². The number of nitrogens with zero attached hydrogens (tertiary/aromatic N) is 2. The summed E-state index contributed by atoms with van der Waals surface area (Å²) in [6.45, 7) is 5.01. The number of piperidine rings is 1. The van der Waals surface area contributed by atoms with Crippen molar-refractivity contribution in [3.05, 3.63) is 0 Å². The van der Waals surface area contributed by atoms with Crippen LogP contribution in [0.15, 0.2) is 0 Å². The van der Waals surface area contributed by atoms with E-state index in [1.54, 1.807) is 4.90 Å². The molecule has 0 radical (unpaired) electrons. The van der Waals surface area contributed by atoms with Crippen molar-refractivity contribution in [2.75, 3.05) is 46.4 Å². The van der Waals surface area contributed by atoms with Gasteiger partial charge in [0.15, 0.2) is 0 Å². The first kappa shape index (κ1) is 12.6. The van der Waals surface area contributed by atoms with Gasteiger partial charge < -0.3 is 19.9 Å². The summed E-state index contributed by atoms with van der Waals surface area (Å²) in [5, 5.41) is 3.28. The lowest BCUT2D eigenvalue weighted by Crippen LogP contribution is -2.50. The van der Waals surface area contributed by atoms with Crippen LogP contribution in [-0.2, 0) is 4.74 Å². The van der Waals surface area contributed by atoms with Gasteiger partial charge in [0.25, 0.3) is 0 Å². The molecule has 0 bridgehead atoms. The quantitative estimate of drug-likeness (QED) is 0.766. The number of likely N-dealkylation sites (N-methyl/N-ethyl adjacent to an activating group) is 1. The van der Waals surface area contributed by atoms with Gasteiger partial charge >= 0.3 is 6.03 Å². The largest absolute Gasteiger partial charge is 0.374 e. The number of hydrogen-bond acceptors (Lipinski definition) is 3. The maximum absolute atomic E-state index is 12.1. The Hall–Kier alpha value is -0.810. The smallest absolute Gasteiger partial charge is 0.319 e. The van der Waals surface area contributed by atoms with Gasteiger partial charge in [0.05, 0.1) is 12.7 Å². The van der Waals surface area contributed by atoms with E-state index >= 15 is 0 Å². The Morgan fingerprint density at radius 2 is 2.18 bits per heavy atom. The van der Waals surface area contributed by atoms with Crippen molar-refractivity contribution in [2.45, 2.75) is 25.4 Å². The zero-order valence-corrected chi connectivity index (χ0v) is 10.7. The van der Waals surface area contributed by atoms with Crippen LogP contribution in [0.1, 0.15) is 19.3 Å². The van der Waals surface area contributed by atoms with E-state index < -0.39 is 0 Å². The van der Waals surface area contributed by atoms with Gasteiger partial charge in [0, 0.05) is 39.8 Å². The van der Waals surface area contributed by atoms with E-state index in [4.69, 9.17) is 4.74 Å². The molecule has 1 unspecified atom stereocenters. The molecule has 2 aliphatic rings. The van der Waals surface area contributed by atoms with Gasteiger partial charge in [0.2, 0.25) is 0 Å². The second-order valence-electron chi connectivity index (χ2n) is 4.91. The number of ether oxygens (including phenoxy) is 1. The molecule has 0 aromatic carbocycles. The van der Waals surface area contributed by atoms with Gasteiger partial charge in [-0.15, -0.1) is 0 Å². The Morgan fingerprint density at radius 3 is 2.82 bits per heavy atom. The molecule has 0 aromatic rings. The molecule has 2 rings (SSSR count). The number of carbonyl (C=O) groups is 1. The summed E-state index contributed by atoms with van der Waals surface area (Å²) in [6.07, 6.45) is 3.67. The molecule has 17 heavy (non-hydrogen) atoms. The van der Waals surface area contributed by atoms with E-state index in [1.807, 2.05) is 11.9 Å². The van der Waals surface area contributed by atoms with Crippen LogP contribution in [0.25, 0.3) is 0 Å². The summed E-state index contributed by atoms with van der Waals surface area (Å²) in [7, 11) is 1.87. The highest BCUT2D eigenvalue weighted by molar-refractivity contribution is 5.74. The predicted molar refractivity (Wildman–Crippen MR) is 66.1 cm³/mol. The van der Waals surface area contributed by atoms with Gasteiger partial charge in [-0.25, -0.2) is 4.79 Å². The first-order valence-electron chi connectivity index (χ1n) is 6.60. The molecule has 5 nitrogen and oxygen atoms in total. The Morgan fingerprint density at radius 1 is 1.41 bits per heavy atom. The van der Waals surface area contributed by atoms with Crippen molar-refractivity contribution in [2.24, 2.45) is 0 Å². The Labute approximate surface area is 103 Å². The molecule has 1 atom stereocenters. The zero-order valence-electron chi connectivity index (χ0n) is 10.7. The number of rotatable bonds is 2. The molecule has 2 aliphatic heterocycles. The van der Waals surface area contributed by atoms with Gasteiger partial charge in [-0.1, -0.05) is 0 Å². The minimum Gasteiger partial charge on any atom is -0.374 e. The SMILES string of the molecule is CN(CC1CNCCO1)C(=O)N1CCCCC1. The fourth-order valence-electron chi connectivity index (χ4n) is 2.45. The third kappa shape index (κ3) is 3.57. The van der Waals surface area contributed by atoms with E-state index in [0.29, 0.717) is 6.54 Å². The molecular weight excluding hydrogens is 218 g/mol. The first-order valence-corrected chi connectivity index (χ1v) is 6.60. The molecule has 0 saturated carbocycles. The molecule has 2 heterocycles. The monoisotopic (exact) mass is 241 g/mol. The maximum atomic E-state index is 12.1. The lowest BCUT2D eigenvalue weighted by Gasteiger charge is -2.33. The third-order valence-electron chi connectivity index (χ3n) is 3.44. The molecule has 5 heteroatoms. The molecule has 0 aliphatic carbocycles. The second-order valence-corrected chi connectivity index (χ2v) is 4.91. The van der Waals surface area contributed by atoms with Crippen LogP contribution in [0, 0.1) is 0 Å². The third-order valence-corrected chi connectivity index (χ3v) is 3.44. The van der Waals surface area contributed by atoms with E-state index in [0.717, 1.165) is 45.6 Å². The predicted octanol–water partition coefficient (Wildman–Crippen LogP) is 0.513. The molecule has 98 valence electrons. The minimum absolute atomic E-state index is 0.141. The highest BCUT2D eigenvalue weighted by atomic mass is 16.5. The first-order chi connectivity index (χ1) is 8.27. The van der Waals surface area contributed by atoms with Crippen LogP contribution < -0.4 is 5.32 Å². The Balaban J connectivity index is 1.77. The van der Waals surface area contributed by atoms with Crippen LogP contribution in [0.3, 0.4) is 0 Å². The average Bonchev–Trinajstić information content (AvgIpc) is 2.40. The fraction of sp³-hybridized carbons (Fsp3) is 0.917. The summed E-state index contributed by atoms with van der Waals surface area (Å²) in [6, 6.07) is 0.152. The van der Waals surface area contributed by atoms with Crippen molar-refractivity contribution < 1.29 is 9.53 Å². The average molecular weight is 241 g/mol. The van der Waals surface area contributed by atoms with Crippen LogP contribution in [-0.4, -0.2) is 68.3 Å². The van der Waals surface area contributed by atoms with Crippen molar-refractivity contribution in [3.8, 4) is 0 Å². The fourth-order valence-corrected chi connectivity index (χ4v) is 2.45. The molecule has 1 N–H and O–H groups in total. The number of amides is 2. The highest BCUT2D eigenvalue weighted by Crippen LogP contribution is 2.11. The number of nitrogens with one attached hydrogen (secondary N) is 1. The Kier molecular flexibility index (Phi) is 4.62. The van der Waals surface area contributed by atoms with Crippen LogP contribution >= 0.6 is 0 Å². The number of likely N-dealkylation sites (tertiary alicyclic amines) is 1. The van der Waals surface area contributed by atoms with Crippen molar-refractivity contribution in [3.63, 3.8) is 0 Å².